The maximum absolute atomic E-state index is 12.0. The van der Waals surface area contributed by atoms with Crippen molar-refractivity contribution < 1.29 is 14.3 Å². The molecule has 2 aliphatic heterocycles. The maximum atomic E-state index is 12.0. The van der Waals surface area contributed by atoms with Gasteiger partial charge in [0.1, 0.15) is 6.10 Å². The zero-order valence-corrected chi connectivity index (χ0v) is 9.93. The van der Waals surface area contributed by atoms with Crippen LogP contribution in [0.25, 0.3) is 0 Å². The highest BCUT2D eigenvalue weighted by atomic mass is 16.5. The molecule has 6 nitrogen and oxygen atoms in total. The maximum Gasteiger partial charge on any atom is 0.251 e. The van der Waals surface area contributed by atoms with Gasteiger partial charge in [0.25, 0.3) is 5.91 Å². The second-order valence-corrected chi connectivity index (χ2v) is 4.41. The predicted octanol–water partition coefficient (Wildman–Crippen LogP) is -1.21. The number of amides is 2. The van der Waals surface area contributed by atoms with Crippen LogP contribution in [0.4, 0.5) is 0 Å². The number of nitrogens with zero attached hydrogens (tertiary/aromatic N) is 2. The summed E-state index contributed by atoms with van der Waals surface area (Å²) in [6.07, 6.45) is 1.52. The minimum absolute atomic E-state index is 0.0414. The van der Waals surface area contributed by atoms with E-state index >= 15 is 0 Å². The minimum atomic E-state index is -0.258. The van der Waals surface area contributed by atoms with Crippen molar-refractivity contribution in [1.82, 2.24) is 9.80 Å². The number of nitrogens with two attached hydrogens (primary N) is 1. The quantitative estimate of drug-likeness (QED) is 0.658. The van der Waals surface area contributed by atoms with Crippen LogP contribution in [0.1, 0.15) is 12.8 Å². The Morgan fingerprint density at radius 1 is 1.18 bits per heavy atom. The van der Waals surface area contributed by atoms with Gasteiger partial charge in [-0.1, -0.05) is 0 Å². The Bertz CT molecular complexity index is 294. The zero-order valence-electron chi connectivity index (χ0n) is 9.93. The number of rotatable bonds is 2. The van der Waals surface area contributed by atoms with Gasteiger partial charge in [-0.25, -0.2) is 0 Å². The third-order valence-electron chi connectivity index (χ3n) is 3.32. The van der Waals surface area contributed by atoms with E-state index in [0.717, 1.165) is 12.8 Å². The number of carbonyl (C=O) groups excluding carboxylic acids is 2. The SMILES string of the molecule is NCC(=O)N1CCN(C(=O)[C@H]2CCCO2)CC1. The standard InChI is InChI=1S/C11H19N3O3/c12-8-10(15)13-3-5-14(6-4-13)11(16)9-2-1-7-17-9/h9H,1-8,12H2/t9-/m1/s1. The van der Waals surface area contributed by atoms with Gasteiger partial charge in [-0.2, -0.15) is 0 Å². The Labute approximate surface area is 101 Å². The highest BCUT2D eigenvalue weighted by molar-refractivity contribution is 5.82. The molecule has 17 heavy (non-hydrogen) atoms. The van der Waals surface area contributed by atoms with Crippen molar-refractivity contribution in [2.75, 3.05) is 39.3 Å². The van der Waals surface area contributed by atoms with Crippen molar-refractivity contribution in [2.45, 2.75) is 18.9 Å². The summed E-state index contributed by atoms with van der Waals surface area (Å²) in [6.45, 7) is 3.06. The van der Waals surface area contributed by atoms with Gasteiger partial charge < -0.3 is 20.3 Å². The highest BCUT2D eigenvalue weighted by Gasteiger charge is 2.30. The van der Waals surface area contributed by atoms with Crippen LogP contribution in [-0.4, -0.2) is 67.0 Å². The van der Waals surface area contributed by atoms with Crippen molar-refractivity contribution in [3.63, 3.8) is 0 Å². The highest BCUT2D eigenvalue weighted by Crippen LogP contribution is 2.15. The predicted molar refractivity (Wildman–Crippen MR) is 61.2 cm³/mol. The Balaban J connectivity index is 1.82. The largest absolute Gasteiger partial charge is 0.368 e. The van der Waals surface area contributed by atoms with Crippen LogP contribution in [0.5, 0.6) is 0 Å². The van der Waals surface area contributed by atoms with E-state index in [1.807, 2.05) is 0 Å². The van der Waals surface area contributed by atoms with Crippen LogP contribution in [-0.2, 0) is 14.3 Å². The molecule has 2 fully saturated rings. The third kappa shape index (κ3) is 2.76. The number of carbonyl (C=O) groups is 2. The molecule has 0 spiro atoms. The Hall–Kier alpha value is -1.14. The van der Waals surface area contributed by atoms with E-state index in [9.17, 15) is 9.59 Å². The molecule has 2 rings (SSSR count). The fraction of sp³-hybridized carbons (Fsp3) is 0.818. The van der Waals surface area contributed by atoms with Crippen LogP contribution < -0.4 is 5.73 Å². The van der Waals surface area contributed by atoms with Gasteiger partial charge in [0, 0.05) is 32.8 Å². The van der Waals surface area contributed by atoms with Gasteiger partial charge in [0.15, 0.2) is 0 Å². The molecule has 0 aromatic rings. The summed E-state index contributed by atoms with van der Waals surface area (Å²) in [6, 6.07) is 0. The number of piperazine rings is 1. The van der Waals surface area contributed by atoms with Crippen molar-refractivity contribution in [1.29, 1.82) is 0 Å². The van der Waals surface area contributed by atoms with Gasteiger partial charge in [0.2, 0.25) is 5.91 Å². The fourth-order valence-electron chi connectivity index (χ4n) is 2.28. The minimum Gasteiger partial charge on any atom is -0.368 e. The van der Waals surface area contributed by atoms with E-state index in [4.69, 9.17) is 10.5 Å². The molecule has 0 aliphatic carbocycles. The normalized spacial score (nSPS) is 25.1. The average molecular weight is 241 g/mol. The Kier molecular flexibility index (Phi) is 3.96. The number of hydrogen-bond acceptors (Lipinski definition) is 4. The number of ether oxygens (including phenoxy) is 1. The smallest absolute Gasteiger partial charge is 0.251 e. The molecule has 0 aromatic heterocycles. The van der Waals surface area contributed by atoms with Crippen LogP contribution in [0, 0.1) is 0 Å². The first-order valence-corrected chi connectivity index (χ1v) is 6.10. The zero-order chi connectivity index (χ0) is 12.3. The molecule has 1 atom stereocenters. The fourth-order valence-corrected chi connectivity index (χ4v) is 2.28. The lowest BCUT2D eigenvalue weighted by atomic mass is 10.2. The lowest BCUT2D eigenvalue weighted by molar-refractivity contribution is -0.145. The van der Waals surface area contributed by atoms with Crippen LogP contribution >= 0.6 is 0 Å². The first-order valence-electron chi connectivity index (χ1n) is 6.10. The summed E-state index contributed by atoms with van der Waals surface area (Å²) < 4.78 is 5.37. The van der Waals surface area contributed by atoms with Crippen LogP contribution in [0.2, 0.25) is 0 Å². The molecular weight excluding hydrogens is 222 g/mol. The summed E-state index contributed by atoms with van der Waals surface area (Å²) in [5.41, 5.74) is 5.31. The molecule has 2 saturated heterocycles. The molecule has 0 saturated carbocycles. The topological polar surface area (TPSA) is 75.9 Å². The summed E-state index contributed by atoms with van der Waals surface area (Å²) in [5, 5.41) is 0. The number of hydrogen-bond donors (Lipinski definition) is 1. The Morgan fingerprint density at radius 3 is 2.35 bits per heavy atom. The van der Waals surface area contributed by atoms with Crippen molar-refractivity contribution >= 4 is 11.8 Å². The molecule has 2 amide bonds. The summed E-state index contributed by atoms with van der Waals surface area (Å²) >= 11 is 0. The summed E-state index contributed by atoms with van der Waals surface area (Å²) in [5.74, 6) is 0.0246. The molecular formula is C11H19N3O3. The van der Waals surface area contributed by atoms with E-state index in [1.165, 1.54) is 0 Å². The van der Waals surface area contributed by atoms with Crippen LogP contribution in [0.3, 0.4) is 0 Å². The molecule has 6 heteroatoms. The second kappa shape index (κ2) is 5.46. The van der Waals surface area contributed by atoms with Gasteiger partial charge in [0.05, 0.1) is 6.54 Å². The van der Waals surface area contributed by atoms with Crippen molar-refractivity contribution in [2.24, 2.45) is 5.73 Å². The van der Waals surface area contributed by atoms with Crippen molar-refractivity contribution in [3.05, 3.63) is 0 Å². The molecule has 0 radical (unpaired) electrons. The molecule has 0 unspecified atom stereocenters. The van der Waals surface area contributed by atoms with Gasteiger partial charge in [-0.15, -0.1) is 0 Å². The van der Waals surface area contributed by atoms with Gasteiger partial charge in [-0.05, 0) is 12.8 Å². The lowest BCUT2D eigenvalue weighted by Gasteiger charge is -2.35. The molecule has 2 heterocycles. The van der Waals surface area contributed by atoms with E-state index in [1.54, 1.807) is 9.80 Å². The first-order chi connectivity index (χ1) is 8.22. The van der Waals surface area contributed by atoms with E-state index in [2.05, 4.69) is 0 Å². The summed E-state index contributed by atoms with van der Waals surface area (Å²) in [7, 11) is 0. The third-order valence-corrected chi connectivity index (χ3v) is 3.32. The van der Waals surface area contributed by atoms with E-state index in [-0.39, 0.29) is 24.5 Å². The van der Waals surface area contributed by atoms with Gasteiger partial charge in [-0.3, -0.25) is 9.59 Å². The summed E-state index contributed by atoms with van der Waals surface area (Å²) in [4.78, 5) is 26.9. The molecule has 0 bridgehead atoms. The average Bonchev–Trinajstić information content (AvgIpc) is 2.91. The second-order valence-electron chi connectivity index (χ2n) is 4.41. The molecule has 2 aliphatic rings. The molecule has 0 aromatic carbocycles. The monoisotopic (exact) mass is 241 g/mol. The van der Waals surface area contributed by atoms with Gasteiger partial charge >= 0.3 is 0 Å². The first kappa shape index (κ1) is 12.3. The van der Waals surface area contributed by atoms with Crippen molar-refractivity contribution in [3.8, 4) is 0 Å². The molecule has 96 valence electrons. The lowest BCUT2D eigenvalue weighted by Crippen LogP contribution is -2.53. The molecule has 2 N–H and O–H groups in total. The Morgan fingerprint density at radius 2 is 1.82 bits per heavy atom. The van der Waals surface area contributed by atoms with E-state index in [0.29, 0.717) is 32.8 Å². The van der Waals surface area contributed by atoms with E-state index < -0.39 is 0 Å². The van der Waals surface area contributed by atoms with Crippen LogP contribution in [0.15, 0.2) is 0 Å².